The Morgan fingerprint density at radius 3 is 2.52 bits per heavy atom. The van der Waals surface area contributed by atoms with Crippen molar-refractivity contribution in [1.29, 1.82) is 0 Å². The molecule has 4 saturated carbocycles. The van der Waals surface area contributed by atoms with Gasteiger partial charge in [-0.1, -0.05) is 20.8 Å². The van der Waals surface area contributed by atoms with E-state index in [0.717, 1.165) is 32.1 Å². The summed E-state index contributed by atoms with van der Waals surface area (Å²) in [5.74, 6) is 1.28. The fourth-order valence-electron chi connectivity index (χ4n) is 8.63. The minimum atomic E-state index is -0.456. The fourth-order valence-corrected chi connectivity index (χ4v) is 8.63. The highest BCUT2D eigenvalue weighted by Gasteiger charge is 2.66. The SMILES string of the molecule is COC(=O)CC[C@H](C)[C@@H]1CC[C@@H]2[C@@H]3[C@@H](CC(=O)[C@]21C)[C@@]1(C)CCC(=O)C[C@@H]1C[C@H]3OC(C)=O. The lowest BCUT2D eigenvalue weighted by Gasteiger charge is -2.61. The van der Waals surface area contributed by atoms with Gasteiger partial charge in [0, 0.05) is 43.9 Å². The average Bonchev–Trinajstić information content (AvgIpc) is 3.11. The summed E-state index contributed by atoms with van der Waals surface area (Å²) in [6.45, 7) is 8.06. The number of hydrogen-bond acceptors (Lipinski definition) is 6. The van der Waals surface area contributed by atoms with Crippen LogP contribution in [0.3, 0.4) is 0 Å². The van der Waals surface area contributed by atoms with Gasteiger partial charge in [0.15, 0.2) is 0 Å². The molecule has 6 heteroatoms. The van der Waals surface area contributed by atoms with E-state index in [0.29, 0.717) is 37.2 Å². The molecule has 0 spiro atoms. The van der Waals surface area contributed by atoms with Crippen LogP contribution >= 0.6 is 0 Å². The van der Waals surface area contributed by atoms with Crippen molar-refractivity contribution in [2.75, 3.05) is 7.11 Å². The number of esters is 2. The summed E-state index contributed by atoms with van der Waals surface area (Å²) < 4.78 is 10.8. The number of hydrogen-bond donors (Lipinski definition) is 0. The lowest BCUT2D eigenvalue weighted by Crippen LogP contribution is -2.61. The van der Waals surface area contributed by atoms with Gasteiger partial charge in [-0.25, -0.2) is 0 Å². The Labute approximate surface area is 197 Å². The van der Waals surface area contributed by atoms with Gasteiger partial charge in [-0.15, -0.1) is 0 Å². The van der Waals surface area contributed by atoms with E-state index < -0.39 is 5.41 Å². The van der Waals surface area contributed by atoms with Crippen molar-refractivity contribution in [2.24, 2.45) is 46.3 Å². The maximum atomic E-state index is 13.9. The molecule has 0 aromatic heterocycles. The fraction of sp³-hybridized carbons (Fsp3) is 0.852. The van der Waals surface area contributed by atoms with Gasteiger partial charge in [-0.05, 0) is 67.1 Å². The van der Waals surface area contributed by atoms with E-state index in [9.17, 15) is 19.2 Å². The highest BCUT2D eigenvalue weighted by Crippen LogP contribution is 2.67. The van der Waals surface area contributed by atoms with Crippen LogP contribution in [0.4, 0.5) is 0 Å². The van der Waals surface area contributed by atoms with Gasteiger partial charge >= 0.3 is 11.9 Å². The van der Waals surface area contributed by atoms with Crippen LogP contribution in [0.15, 0.2) is 0 Å². The monoisotopic (exact) mass is 460 g/mol. The molecular formula is C27H40O6. The molecule has 0 aliphatic heterocycles. The standard InChI is InChI=1S/C27H40O6/c1-15(6-9-24(31)32-5)19-7-8-20-25-21(14-23(30)27(19,20)4)26(3)11-10-18(29)12-17(26)13-22(25)33-16(2)28/h15,17,19-22,25H,6-14H2,1-5H3/t15-,17+,19-,20+,21+,22+,25+,26-,27-/m0/s1. The zero-order chi connectivity index (χ0) is 24.1. The van der Waals surface area contributed by atoms with Crippen LogP contribution in [0.2, 0.25) is 0 Å². The van der Waals surface area contributed by atoms with Crippen molar-refractivity contribution in [2.45, 2.75) is 91.6 Å². The largest absolute Gasteiger partial charge is 0.469 e. The molecule has 4 aliphatic rings. The topological polar surface area (TPSA) is 86.7 Å². The molecule has 0 aromatic rings. The molecule has 9 atom stereocenters. The van der Waals surface area contributed by atoms with Crippen LogP contribution in [0.5, 0.6) is 0 Å². The van der Waals surface area contributed by atoms with Crippen LogP contribution in [0.1, 0.15) is 85.5 Å². The van der Waals surface area contributed by atoms with Crippen LogP contribution in [0, 0.1) is 46.3 Å². The molecule has 0 saturated heterocycles. The zero-order valence-electron chi connectivity index (χ0n) is 20.9. The van der Waals surface area contributed by atoms with Gasteiger partial charge in [0.1, 0.15) is 17.7 Å². The molecule has 0 unspecified atom stereocenters. The van der Waals surface area contributed by atoms with Crippen molar-refractivity contribution >= 4 is 23.5 Å². The lowest BCUT2D eigenvalue weighted by atomic mass is 9.43. The number of rotatable bonds is 5. The van der Waals surface area contributed by atoms with E-state index >= 15 is 0 Å². The van der Waals surface area contributed by atoms with E-state index in [4.69, 9.17) is 9.47 Å². The first-order chi connectivity index (χ1) is 15.5. The summed E-state index contributed by atoms with van der Waals surface area (Å²) in [7, 11) is 1.41. The number of fused-ring (bicyclic) bond motifs is 5. The zero-order valence-corrected chi connectivity index (χ0v) is 20.9. The predicted molar refractivity (Wildman–Crippen MR) is 122 cm³/mol. The highest BCUT2D eigenvalue weighted by atomic mass is 16.5. The molecule has 0 radical (unpaired) electrons. The lowest BCUT2D eigenvalue weighted by molar-refractivity contribution is -0.190. The van der Waals surface area contributed by atoms with Crippen molar-refractivity contribution in [1.82, 2.24) is 0 Å². The van der Waals surface area contributed by atoms with Gasteiger partial charge in [0.2, 0.25) is 0 Å². The first-order valence-electron chi connectivity index (χ1n) is 12.8. The summed E-state index contributed by atoms with van der Waals surface area (Å²) in [5.41, 5.74) is -0.510. The summed E-state index contributed by atoms with van der Waals surface area (Å²) >= 11 is 0. The van der Waals surface area contributed by atoms with E-state index in [1.807, 2.05) is 0 Å². The number of ketones is 2. The molecule has 0 heterocycles. The summed E-state index contributed by atoms with van der Waals surface area (Å²) in [6.07, 6.45) is 5.99. The van der Waals surface area contributed by atoms with Gasteiger partial charge in [-0.3, -0.25) is 19.2 Å². The van der Waals surface area contributed by atoms with Gasteiger partial charge in [0.25, 0.3) is 0 Å². The van der Waals surface area contributed by atoms with Crippen LogP contribution < -0.4 is 0 Å². The molecule has 6 nitrogen and oxygen atoms in total. The molecule has 33 heavy (non-hydrogen) atoms. The second kappa shape index (κ2) is 8.81. The van der Waals surface area contributed by atoms with Crippen LogP contribution in [-0.4, -0.2) is 36.7 Å². The number of methoxy groups -OCH3 is 1. The Morgan fingerprint density at radius 2 is 1.85 bits per heavy atom. The van der Waals surface area contributed by atoms with Gasteiger partial charge in [-0.2, -0.15) is 0 Å². The van der Waals surface area contributed by atoms with Gasteiger partial charge < -0.3 is 9.47 Å². The quantitative estimate of drug-likeness (QED) is 0.561. The van der Waals surface area contributed by atoms with Crippen molar-refractivity contribution in [3.8, 4) is 0 Å². The smallest absolute Gasteiger partial charge is 0.305 e. The Hall–Kier alpha value is -1.72. The number of Topliss-reactive ketones (excluding diaryl/α,β-unsaturated/α-hetero) is 2. The third kappa shape index (κ3) is 3.95. The van der Waals surface area contributed by atoms with E-state index in [1.165, 1.54) is 14.0 Å². The first-order valence-corrected chi connectivity index (χ1v) is 12.8. The van der Waals surface area contributed by atoms with E-state index in [-0.39, 0.29) is 59.0 Å². The molecule has 4 rings (SSSR count). The molecule has 0 aromatic carbocycles. The molecule has 0 N–H and O–H groups in total. The molecular weight excluding hydrogens is 420 g/mol. The minimum Gasteiger partial charge on any atom is -0.469 e. The van der Waals surface area contributed by atoms with Crippen molar-refractivity contribution < 1.29 is 28.7 Å². The van der Waals surface area contributed by atoms with E-state index in [2.05, 4.69) is 20.8 Å². The Morgan fingerprint density at radius 1 is 1.12 bits per heavy atom. The summed E-state index contributed by atoms with van der Waals surface area (Å²) in [4.78, 5) is 50.0. The minimum absolute atomic E-state index is 0.0548. The second-order valence-electron chi connectivity index (χ2n) is 11.8. The van der Waals surface area contributed by atoms with Gasteiger partial charge in [0.05, 0.1) is 7.11 Å². The summed E-state index contributed by atoms with van der Waals surface area (Å²) in [5, 5.41) is 0. The Balaban J connectivity index is 1.65. The normalized spacial score (nSPS) is 43.2. The van der Waals surface area contributed by atoms with Crippen LogP contribution in [0.25, 0.3) is 0 Å². The highest BCUT2D eigenvalue weighted by molar-refractivity contribution is 5.87. The maximum absolute atomic E-state index is 13.9. The molecule has 4 fully saturated rings. The second-order valence-corrected chi connectivity index (χ2v) is 11.8. The maximum Gasteiger partial charge on any atom is 0.305 e. The van der Waals surface area contributed by atoms with Crippen molar-refractivity contribution in [3.05, 3.63) is 0 Å². The molecule has 4 aliphatic carbocycles. The molecule has 184 valence electrons. The molecule has 0 bridgehead atoms. The molecule has 0 amide bonds. The Kier molecular flexibility index (Phi) is 6.52. The van der Waals surface area contributed by atoms with Crippen molar-refractivity contribution in [3.63, 3.8) is 0 Å². The first kappa shape index (κ1) is 24.4. The summed E-state index contributed by atoms with van der Waals surface area (Å²) in [6, 6.07) is 0. The third-order valence-corrected chi connectivity index (χ3v) is 10.4. The van der Waals surface area contributed by atoms with E-state index in [1.54, 1.807) is 0 Å². The number of ether oxygens (including phenoxy) is 2. The van der Waals surface area contributed by atoms with Crippen LogP contribution in [-0.2, 0) is 28.7 Å². The number of carbonyl (C=O) groups is 4. The third-order valence-electron chi connectivity index (χ3n) is 10.4. The predicted octanol–water partition coefficient (Wildman–Crippen LogP) is 4.52. The average molecular weight is 461 g/mol. The Bertz CT molecular complexity index is 834. The number of carbonyl (C=O) groups excluding carboxylic acids is 4.